The third-order valence-electron chi connectivity index (χ3n) is 10.3. The highest BCUT2D eigenvalue weighted by molar-refractivity contribution is 5.69. The van der Waals surface area contributed by atoms with Crippen molar-refractivity contribution in [2.75, 3.05) is 0 Å². The maximum Gasteiger partial charge on any atom is 0.306 e. The summed E-state index contributed by atoms with van der Waals surface area (Å²) in [6.45, 7) is 4.57. The van der Waals surface area contributed by atoms with Gasteiger partial charge >= 0.3 is 11.9 Å². The average molecular weight is 679 g/mol. The van der Waals surface area contributed by atoms with Crippen LogP contribution in [0, 0.1) is 0 Å². The van der Waals surface area contributed by atoms with E-state index in [9.17, 15) is 9.59 Å². The van der Waals surface area contributed by atoms with E-state index in [0.717, 1.165) is 64.2 Å². The predicted molar refractivity (Wildman–Crippen MR) is 209 cm³/mol. The summed E-state index contributed by atoms with van der Waals surface area (Å²) in [5.41, 5.74) is 0. The zero-order chi connectivity index (χ0) is 35.0. The Morgan fingerprint density at radius 3 is 0.917 bits per heavy atom. The van der Waals surface area contributed by atoms with Crippen molar-refractivity contribution in [3.63, 3.8) is 0 Å². The minimum atomic E-state index is -0.695. The lowest BCUT2D eigenvalue weighted by atomic mass is 10.0. The number of rotatable bonds is 41. The number of unbranched alkanes of at least 4 members (excludes halogenated alkanes) is 32. The Morgan fingerprint density at radius 1 is 0.375 bits per heavy atom. The summed E-state index contributed by atoms with van der Waals surface area (Å²) >= 11 is 0. The molecule has 0 aliphatic heterocycles. The lowest BCUT2D eigenvalue weighted by Crippen LogP contribution is -2.18. The largest absolute Gasteiger partial charge is 0.481 e. The molecule has 0 radical (unpaired) electrons. The van der Waals surface area contributed by atoms with Gasteiger partial charge in [-0.3, -0.25) is 9.59 Å². The van der Waals surface area contributed by atoms with Crippen molar-refractivity contribution in [2.45, 2.75) is 270 Å². The first kappa shape index (κ1) is 46.9. The molecule has 0 aliphatic rings. The first-order valence-electron chi connectivity index (χ1n) is 22.0. The van der Waals surface area contributed by atoms with Gasteiger partial charge in [0.2, 0.25) is 0 Å². The number of carbonyl (C=O) groups is 2. The topological polar surface area (TPSA) is 63.6 Å². The van der Waals surface area contributed by atoms with Crippen molar-refractivity contribution >= 4 is 11.9 Å². The molecule has 1 N–H and O–H groups in total. The van der Waals surface area contributed by atoms with Crippen LogP contribution in [0.2, 0.25) is 0 Å². The Hall–Kier alpha value is -1.06. The van der Waals surface area contributed by atoms with Crippen LogP contribution in [0.1, 0.15) is 264 Å². The second kappa shape index (κ2) is 40.4. The van der Waals surface area contributed by atoms with Gasteiger partial charge in [0.1, 0.15) is 6.10 Å². The van der Waals surface area contributed by atoms with Crippen LogP contribution in [0.3, 0.4) is 0 Å². The van der Waals surface area contributed by atoms with E-state index in [1.54, 1.807) is 0 Å². The Morgan fingerprint density at radius 2 is 0.625 bits per heavy atom. The Kier molecular flexibility index (Phi) is 39.5. The zero-order valence-corrected chi connectivity index (χ0v) is 32.8. The van der Waals surface area contributed by atoms with Crippen LogP contribution in [0.15, 0.2) is 0 Å². The molecule has 1 unspecified atom stereocenters. The molecule has 0 bridgehead atoms. The van der Waals surface area contributed by atoms with Gasteiger partial charge in [-0.1, -0.05) is 213 Å². The van der Waals surface area contributed by atoms with E-state index in [1.165, 1.54) is 173 Å². The van der Waals surface area contributed by atoms with Crippen molar-refractivity contribution in [1.82, 2.24) is 0 Å². The van der Waals surface area contributed by atoms with Gasteiger partial charge in [-0.05, 0) is 38.5 Å². The lowest BCUT2D eigenvalue weighted by Gasteiger charge is -2.18. The van der Waals surface area contributed by atoms with Gasteiger partial charge in [-0.2, -0.15) is 0 Å². The van der Waals surface area contributed by atoms with Gasteiger partial charge < -0.3 is 9.84 Å². The highest BCUT2D eigenvalue weighted by Gasteiger charge is 2.14. The predicted octanol–water partition coefficient (Wildman–Crippen LogP) is 15.2. The van der Waals surface area contributed by atoms with Gasteiger partial charge in [0, 0.05) is 12.8 Å². The summed E-state index contributed by atoms with van der Waals surface area (Å²) in [6, 6.07) is 0. The van der Waals surface area contributed by atoms with Crippen LogP contribution in [0.4, 0.5) is 0 Å². The van der Waals surface area contributed by atoms with Crippen LogP contribution in [0.25, 0.3) is 0 Å². The number of aliphatic carboxylic acids is 1. The molecule has 4 heteroatoms. The van der Waals surface area contributed by atoms with Crippen molar-refractivity contribution < 1.29 is 19.4 Å². The number of carbonyl (C=O) groups excluding carboxylic acids is 1. The highest BCUT2D eigenvalue weighted by Crippen LogP contribution is 2.19. The van der Waals surface area contributed by atoms with Crippen molar-refractivity contribution in [1.29, 1.82) is 0 Å². The van der Waals surface area contributed by atoms with E-state index in [-0.39, 0.29) is 18.5 Å². The fraction of sp³-hybridized carbons (Fsp3) is 0.955. The van der Waals surface area contributed by atoms with E-state index in [4.69, 9.17) is 9.84 Å². The summed E-state index contributed by atoms with van der Waals surface area (Å²) in [4.78, 5) is 23.4. The van der Waals surface area contributed by atoms with Crippen LogP contribution in [-0.2, 0) is 14.3 Å². The number of carboxylic acids is 1. The Labute approximate surface area is 301 Å². The number of hydrogen-bond acceptors (Lipinski definition) is 3. The molecular weight excluding hydrogens is 592 g/mol. The molecule has 0 aromatic rings. The highest BCUT2D eigenvalue weighted by atomic mass is 16.5. The monoisotopic (exact) mass is 679 g/mol. The summed E-state index contributed by atoms with van der Waals surface area (Å²) in [5.74, 6) is -0.685. The number of esters is 1. The molecule has 1 atom stereocenters. The second-order valence-corrected chi connectivity index (χ2v) is 15.3. The van der Waals surface area contributed by atoms with E-state index < -0.39 is 5.97 Å². The van der Waals surface area contributed by atoms with Crippen molar-refractivity contribution in [2.24, 2.45) is 0 Å². The molecule has 0 saturated heterocycles. The molecule has 0 aromatic carbocycles. The van der Waals surface area contributed by atoms with Gasteiger partial charge in [0.05, 0.1) is 0 Å². The van der Waals surface area contributed by atoms with Crippen LogP contribution >= 0.6 is 0 Å². The summed E-state index contributed by atoms with van der Waals surface area (Å²) in [5, 5.41) is 8.83. The maximum absolute atomic E-state index is 12.7. The fourth-order valence-corrected chi connectivity index (χ4v) is 7.07. The lowest BCUT2D eigenvalue weighted by molar-refractivity contribution is -0.150. The molecule has 0 heterocycles. The molecule has 0 spiro atoms. The molecule has 4 nitrogen and oxygen atoms in total. The van der Waals surface area contributed by atoms with Gasteiger partial charge in [-0.25, -0.2) is 0 Å². The maximum atomic E-state index is 12.7. The van der Waals surface area contributed by atoms with Gasteiger partial charge in [0.15, 0.2) is 0 Å². The normalized spacial score (nSPS) is 12.0. The Balaban J connectivity index is 3.87. The molecule has 0 aromatic heterocycles. The zero-order valence-electron chi connectivity index (χ0n) is 32.8. The van der Waals surface area contributed by atoms with Gasteiger partial charge in [0.25, 0.3) is 0 Å². The van der Waals surface area contributed by atoms with Gasteiger partial charge in [-0.15, -0.1) is 0 Å². The standard InChI is InChI=1S/C44H86O4/c1-3-5-7-9-11-13-15-16-17-18-19-20-21-22-24-26-28-33-37-41-44(47)48-42(39-35-31-29-32-36-40-43(45)46)38-34-30-27-25-23-14-12-10-8-6-4-2/h42H,3-41H2,1-2H3,(H,45,46). The van der Waals surface area contributed by atoms with Crippen molar-refractivity contribution in [3.8, 4) is 0 Å². The quantitative estimate of drug-likeness (QED) is 0.0516. The molecule has 48 heavy (non-hydrogen) atoms. The summed E-state index contributed by atoms with van der Waals surface area (Å²) in [6.07, 6.45) is 48.5. The van der Waals surface area contributed by atoms with Crippen LogP contribution in [0.5, 0.6) is 0 Å². The second-order valence-electron chi connectivity index (χ2n) is 15.3. The van der Waals surface area contributed by atoms with E-state index >= 15 is 0 Å². The first-order valence-corrected chi connectivity index (χ1v) is 22.0. The summed E-state index contributed by atoms with van der Waals surface area (Å²) in [7, 11) is 0. The van der Waals surface area contributed by atoms with E-state index in [0.29, 0.717) is 6.42 Å². The first-order chi connectivity index (χ1) is 23.6. The molecule has 0 rings (SSSR count). The minimum absolute atomic E-state index is 0.0107. The SMILES string of the molecule is CCCCCCCCCCCCCCCCCCCCCC(=O)OC(CCCCCCCCCCCCC)CCCCCCCC(=O)O. The van der Waals surface area contributed by atoms with E-state index in [1.807, 2.05) is 0 Å². The average Bonchev–Trinajstić information content (AvgIpc) is 3.07. The third kappa shape index (κ3) is 39.4. The number of hydrogen-bond donors (Lipinski definition) is 1. The number of carboxylic acid groups (broad SMARTS) is 1. The van der Waals surface area contributed by atoms with Crippen LogP contribution in [-0.4, -0.2) is 23.1 Å². The van der Waals surface area contributed by atoms with Crippen molar-refractivity contribution in [3.05, 3.63) is 0 Å². The fourth-order valence-electron chi connectivity index (χ4n) is 7.07. The molecule has 0 amide bonds. The van der Waals surface area contributed by atoms with Crippen LogP contribution < -0.4 is 0 Å². The van der Waals surface area contributed by atoms with E-state index in [2.05, 4.69) is 13.8 Å². The Bertz CT molecular complexity index is 648. The summed E-state index contributed by atoms with van der Waals surface area (Å²) < 4.78 is 6.02. The third-order valence-corrected chi connectivity index (χ3v) is 10.3. The minimum Gasteiger partial charge on any atom is -0.481 e. The molecule has 286 valence electrons. The smallest absolute Gasteiger partial charge is 0.306 e. The molecule has 0 aliphatic carbocycles. The molecular formula is C44H86O4. The number of ether oxygens (including phenoxy) is 1. The molecule has 0 saturated carbocycles. The molecule has 0 fully saturated rings.